The Hall–Kier alpha value is -3.83. The molecule has 0 saturated carbocycles. The van der Waals surface area contributed by atoms with Gasteiger partial charge in [-0.15, -0.1) is 11.3 Å². The van der Waals surface area contributed by atoms with Crippen LogP contribution in [0.15, 0.2) is 48.1 Å². The minimum Gasteiger partial charge on any atom is -0.370 e. The number of piperidine rings is 1. The van der Waals surface area contributed by atoms with Crippen molar-refractivity contribution in [1.29, 1.82) is 0 Å². The Kier molecular flexibility index (Phi) is 5.95. The third kappa shape index (κ3) is 4.47. The molecule has 10 nitrogen and oxygen atoms in total. The lowest BCUT2D eigenvalue weighted by Gasteiger charge is -2.38. The Labute approximate surface area is 205 Å². The Bertz CT molecular complexity index is 1300. The molecule has 2 aliphatic heterocycles. The van der Waals surface area contributed by atoms with Gasteiger partial charge in [0, 0.05) is 24.7 Å². The minimum absolute atomic E-state index is 0.0448. The van der Waals surface area contributed by atoms with Crippen LogP contribution in [0.4, 0.5) is 16.5 Å². The number of benzene rings is 1. The van der Waals surface area contributed by atoms with Crippen LogP contribution in [-0.2, 0) is 22.6 Å². The molecule has 3 aromatic rings. The van der Waals surface area contributed by atoms with Crippen LogP contribution < -0.4 is 26.6 Å². The Morgan fingerprint density at radius 1 is 1.11 bits per heavy atom. The predicted octanol–water partition coefficient (Wildman–Crippen LogP) is 1.66. The number of amides is 3. The summed E-state index contributed by atoms with van der Waals surface area (Å²) in [5, 5.41) is 5.02. The third-order valence-electron chi connectivity index (χ3n) is 6.58. The molecule has 35 heavy (non-hydrogen) atoms. The summed E-state index contributed by atoms with van der Waals surface area (Å²) in [6, 6.07) is 9.63. The normalized spacial score (nSPS) is 17.1. The van der Waals surface area contributed by atoms with E-state index >= 15 is 0 Å². The molecule has 1 aromatic carbocycles. The van der Waals surface area contributed by atoms with Crippen molar-refractivity contribution < 1.29 is 14.4 Å². The summed E-state index contributed by atoms with van der Waals surface area (Å²) in [6.07, 6.45) is 4.36. The zero-order valence-corrected chi connectivity index (χ0v) is 19.8. The number of aromatic nitrogens is 2. The molecule has 5 N–H and O–H groups in total. The monoisotopic (exact) mass is 491 g/mol. The molecule has 0 bridgehead atoms. The highest BCUT2D eigenvalue weighted by molar-refractivity contribution is 7.14. The van der Waals surface area contributed by atoms with Crippen LogP contribution in [0.3, 0.4) is 0 Å². The fraction of sp³-hybridized carbons (Fsp3) is 0.292. The van der Waals surface area contributed by atoms with Crippen molar-refractivity contribution in [2.75, 3.05) is 28.2 Å². The second-order valence-corrected chi connectivity index (χ2v) is 9.63. The van der Waals surface area contributed by atoms with Crippen LogP contribution in [0.2, 0.25) is 0 Å². The molecule has 0 radical (unpaired) electrons. The Morgan fingerprint density at radius 2 is 1.86 bits per heavy atom. The van der Waals surface area contributed by atoms with Gasteiger partial charge in [0.25, 0.3) is 5.91 Å². The lowest BCUT2D eigenvalue weighted by molar-refractivity contribution is -0.123. The first-order valence-corrected chi connectivity index (χ1v) is 12.1. The first-order valence-electron chi connectivity index (χ1n) is 11.3. The highest BCUT2D eigenvalue weighted by Gasteiger charge is 2.36. The molecule has 11 heteroatoms. The van der Waals surface area contributed by atoms with Gasteiger partial charge in [-0.25, -0.2) is 4.98 Å². The number of anilines is 3. The third-order valence-corrected chi connectivity index (χ3v) is 7.44. The van der Waals surface area contributed by atoms with Crippen LogP contribution in [0.25, 0.3) is 0 Å². The first kappa shape index (κ1) is 22.9. The number of nitrogens with zero attached hydrogens (tertiary/aromatic N) is 4. The summed E-state index contributed by atoms with van der Waals surface area (Å²) >= 11 is 1.26. The molecule has 180 valence electrons. The Morgan fingerprint density at radius 3 is 2.60 bits per heavy atom. The van der Waals surface area contributed by atoms with Crippen LogP contribution >= 0.6 is 11.3 Å². The molecular weight excluding hydrogens is 466 g/mol. The predicted molar refractivity (Wildman–Crippen MR) is 133 cm³/mol. The van der Waals surface area contributed by atoms with E-state index in [2.05, 4.69) is 15.3 Å². The van der Waals surface area contributed by atoms with E-state index < -0.39 is 17.4 Å². The molecular formula is C24H25N7O3S. The number of thiazole rings is 1. The number of carbonyl (C=O) groups excluding carboxylic acids is 3. The number of carbonyl (C=O) groups is 3. The van der Waals surface area contributed by atoms with E-state index in [1.165, 1.54) is 11.3 Å². The summed E-state index contributed by atoms with van der Waals surface area (Å²) in [7, 11) is 0. The zero-order valence-electron chi connectivity index (χ0n) is 18.9. The maximum Gasteiger partial charge on any atom is 0.275 e. The van der Waals surface area contributed by atoms with E-state index in [9.17, 15) is 14.4 Å². The van der Waals surface area contributed by atoms with Crippen LogP contribution in [-0.4, -0.2) is 46.3 Å². The van der Waals surface area contributed by atoms with E-state index in [1.807, 2.05) is 29.2 Å². The zero-order chi connectivity index (χ0) is 24.6. The highest BCUT2D eigenvalue weighted by Crippen LogP contribution is 2.31. The topological polar surface area (TPSA) is 148 Å². The van der Waals surface area contributed by atoms with Crippen molar-refractivity contribution in [2.45, 2.75) is 31.3 Å². The number of pyridine rings is 1. The maximum absolute atomic E-state index is 13.0. The molecule has 1 saturated heterocycles. The first-order chi connectivity index (χ1) is 16.8. The van der Waals surface area contributed by atoms with Crippen molar-refractivity contribution in [3.05, 3.63) is 64.9 Å². The fourth-order valence-corrected chi connectivity index (χ4v) is 5.23. The Balaban J connectivity index is 1.30. The number of hydrogen-bond donors (Lipinski definition) is 3. The molecule has 4 heterocycles. The van der Waals surface area contributed by atoms with E-state index in [0.29, 0.717) is 49.7 Å². The van der Waals surface area contributed by atoms with Crippen LogP contribution in [0.5, 0.6) is 0 Å². The maximum atomic E-state index is 13.0. The van der Waals surface area contributed by atoms with Gasteiger partial charge in [0.2, 0.25) is 11.8 Å². The fourth-order valence-electron chi connectivity index (χ4n) is 4.41. The largest absolute Gasteiger partial charge is 0.370 e. The van der Waals surface area contributed by atoms with Gasteiger partial charge in [0.05, 0.1) is 36.1 Å². The van der Waals surface area contributed by atoms with Crippen molar-refractivity contribution in [1.82, 2.24) is 9.97 Å². The van der Waals surface area contributed by atoms with E-state index in [1.54, 1.807) is 28.7 Å². The average Bonchev–Trinajstić information content (AvgIpc) is 3.35. The number of hydrogen-bond acceptors (Lipinski definition) is 8. The molecule has 0 atom stereocenters. The molecule has 3 amide bonds. The lowest BCUT2D eigenvalue weighted by atomic mass is 9.88. The second kappa shape index (κ2) is 9.08. The summed E-state index contributed by atoms with van der Waals surface area (Å²) in [5.41, 5.74) is 14.2. The van der Waals surface area contributed by atoms with Gasteiger partial charge in [-0.1, -0.05) is 24.3 Å². The van der Waals surface area contributed by atoms with Gasteiger partial charge < -0.3 is 21.7 Å². The van der Waals surface area contributed by atoms with Gasteiger partial charge in [-0.05, 0) is 30.0 Å². The summed E-state index contributed by atoms with van der Waals surface area (Å²) in [5.74, 6) is -0.944. The van der Waals surface area contributed by atoms with E-state index in [0.717, 1.165) is 16.8 Å². The minimum atomic E-state index is -1.02. The molecule has 2 aromatic heterocycles. The smallest absolute Gasteiger partial charge is 0.275 e. The van der Waals surface area contributed by atoms with Gasteiger partial charge in [0.15, 0.2) is 5.13 Å². The summed E-state index contributed by atoms with van der Waals surface area (Å²) < 4.78 is 0. The molecule has 0 spiro atoms. The SMILES string of the molecule is NC(=O)C1(N)CCN(c2ccncc2NC(=O)c2csc(N3Cc4ccccc4CC3=O)n2)CC1. The number of rotatable bonds is 5. The lowest BCUT2D eigenvalue weighted by Crippen LogP contribution is -2.58. The average molecular weight is 492 g/mol. The second-order valence-electron chi connectivity index (χ2n) is 8.80. The number of primary amides is 1. The van der Waals surface area contributed by atoms with Gasteiger partial charge in [-0.3, -0.25) is 24.3 Å². The molecule has 0 unspecified atom stereocenters. The van der Waals surface area contributed by atoms with Crippen molar-refractivity contribution in [2.24, 2.45) is 11.5 Å². The van der Waals surface area contributed by atoms with Crippen molar-refractivity contribution in [3.63, 3.8) is 0 Å². The summed E-state index contributed by atoms with van der Waals surface area (Å²) in [4.78, 5) is 49.6. The van der Waals surface area contributed by atoms with Gasteiger partial charge in [-0.2, -0.15) is 0 Å². The van der Waals surface area contributed by atoms with Crippen molar-refractivity contribution >= 4 is 45.6 Å². The quantitative estimate of drug-likeness (QED) is 0.492. The number of fused-ring (bicyclic) bond motifs is 1. The van der Waals surface area contributed by atoms with Crippen LogP contribution in [0.1, 0.15) is 34.5 Å². The highest BCUT2D eigenvalue weighted by atomic mass is 32.1. The van der Waals surface area contributed by atoms with Gasteiger partial charge in [0.1, 0.15) is 5.69 Å². The molecule has 5 rings (SSSR count). The molecule has 2 aliphatic rings. The van der Waals surface area contributed by atoms with Crippen LogP contribution in [0, 0.1) is 0 Å². The van der Waals surface area contributed by atoms with E-state index in [4.69, 9.17) is 11.5 Å². The molecule has 1 fully saturated rings. The van der Waals surface area contributed by atoms with Gasteiger partial charge >= 0.3 is 0 Å². The number of nitrogens with one attached hydrogen (secondary N) is 1. The standard InChI is InChI=1S/C24H25N7O3S/c25-22(34)24(26)6-9-30(10-7-24)19-5-8-27-12-17(19)28-21(33)18-14-35-23(29-18)31-13-16-4-2-1-3-15(16)11-20(31)32/h1-5,8,12,14H,6-7,9-11,13,26H2,(H2,25,34)(H,28,33). The van der Waals surface area contributed by atoms with E-state index in [-0.39, 0.29) is 11.6 Å². The van der Waals surface area contributed by atoms with Crippen molar-refractivity contribution in [3.8, 4) is 0 Å². The number of nitrogens with two attached hydrogens (primary N) is 2. The summed E-state index contributed by atoms with van der Waals surface area (Å²) in [6.45, 7) is 1.47. The molecule has 0 aliphatic carbocycles.